The van der Waals surface area contributed by atoms with Crippen molar-refractivity contribution in [3.63, 3.8) is 0 Å². The zero-order chi connectivity index (χ0) is 16.7. The fraction of sp³-hybridized carbons (Fsp3) is 0.0526. The third-order valence-corrected chi connectivity index (χ3v) is 3.12. The number of aromatic hydroxyl groups is 2. The lowest BCUT2D eigenvalue weighted by Gasteiger charge is -1.97. The predicted molar refractivity (Wildman–Crippen MR) is 88.9 cm³/mol. The van der Waals surface area contributed by atoms with Crippen LogP contribution in [0.15, 0.2) is 60.7 Å². The molecular weight excluding hydrogens is 292 g/mol. The van der Waals surface area contributed by atoms with Crippen LogP contribution < -0.4 is 0 Å². The standard InChI is InChI=1S/C19H16O4/c20-16(11-9-14-5-1-3-7-18(14)22)13-17(21)12-10-15-6-2-4-8-19(15)23/h1-12,22-23H,13H2. The van der Waals surface area contributed by atoms with E-state index in [1.54, 1.807) is 36.4 Å². The summed E-state index contributed by atoms with van der Waals surface area (Å²) in [4.78, 5) is 23.5. The van der Waals surface area contributed by atoms with Gasteiger partial charge in [-0.05, 0) is 36.4 Å². The number of carbonyl (C=O) groups is 2. The minimum atomic E-state index is -0.361. The molecule has 0 saturated heterocycles. The smallest absolute Gasteiger partial charge is 0.163 e. The van der Waals surface area contributed by atoms with E-state index in [0.717, 1.165) is 0 Å². The van der Waals surface area contributed by atoms with E-state index in [-0.39, 0.29) is 29.5 Å². The van der Waals surface area contributed by atoms with Gasteiger partial charge in [-0.15, -0.1) is 0 Å². The molecule has 4 heteroatoms. The second-order valence-corrected chi connectivity index (χ2v) is 4.89. The predicted octanol–water partition coefficient (Wildman–Crippen LogP) is 3.35. The number of hydrogen-bond acceptors (Lipinski definition) is 4. The van der Waals surface area contributed by atoms with Crippen molar-refractivity contribution in [1.82, 2.24) is 0 Å². The minimum absolute atomic E-state index is 0.0716. The average molecular weight is 308 g/mol. The topological polar surface area (TPSA) is 74.6 Å². The highest BCUT2D eigenvalue weighted by molar-refractivity contribution is 6.11. The van der Waals surface area contributed by atoms with Gasteiger partial charge >= 0.3 is 0 Å². The molecule has 0 aromatic heterocycles. The number of para-hydroxylation sites is 2. The summed E-state index contributed by atoms with van der Waals surface area (Å²) < 4.78 is 0. The van der Waals surface area contributed by atoms with Gasteiger partial charge in [-0.1, -0.05) is 36.4 Å². The van der Waals surface area contributed by atoms with E-state index >= 15 is 0 Å². The van der Waals surface area contributed by atoms with Gasteiger partial charge in [0.2, 0.25) is 0 Å². The van der Waals surface area contributed by atoms with Gasteiger partial charge in [-0.25, -0.2) is 0 Å². The number of hydrogen-bond donors (Lipinski definition) is 2. The third kappa shape index (κ3) is 4.97. The molecule has 0 aliphatic heterocycles. The van der Waals surface area contributed by atoms with Gasteiger partial charge in [0.05, 0.1) is 6.42 Å². The molecule has 0 fully saturated rings. The Morgan fingerprint density at radius 1 is 0.739 bits per heavy atom. The Morgan fingerprint density at radius 2 is 1.13 bits per heavy atom. The molecular formula is C19H16O4. The molecule has 0 amide bonds. The maximum absolute atomic E-state index is 11.7. The Morgan fingerprint density at radius 3 is 1.52 bits per heavy atom. The zero-order valence-corrected chi connectivity index (χ0v) is 12.3. The quantitative estimate of drug-likeness (QED) is 0.634. The lowest BCUT2D eigenvalue weighted by molar-refractivity contribution is -0.121. The fourth-order valence-electron chi connectivity index (χ4n) is 1.91. The van der Waals surface area contributed by atoms with Gasteiger partial charge in [0.1, 0.15) is 11.5 Å². The summed E-state index contributed by atoms with van der Waals surface area (Å²) in [7, 11) is 0. The Labute approximate surface area is 134 Å². The number of allylic oxidation sites excluding steroid dienone is 2. The Hall–Kier alpha value is -3.14. The molecule has 116 valence electrons. The molecule has 0 radical (unpaired) electrons. The molecule has 0 atom stereocenters. The largest absolute Gasteiger partial charge is 0.507 e. The lowest BCUT2D eigenvalue weighted by Crippen LogP contribution is -2.01. The summed E-state index contributed by atoms with van der Waals surface area (Å²) in [6.45, 7) is 0. The van der Waals surface area contributed by atoms with Crippen molar-refractivity contribution in [3.05, 3.63) is 71.8 Å². The van der Waals surface area contributed by atoms with E-state index in [2.05, 4.69) is 0 Å². The minimum Gasteiger partial charge on any atom is -0.507 e. The molecule has 2 aromatic carbocycles. The summed E-state index contributed by atoms with van der Waals surface area (Å²) in [6, 6.07) is 13.2. The lowest BCUT2D eigenvalue weighted by atomic mass is 10.1. The van der Waals surface area contributed by atoms with Crippen LogP contribution in [-0.4, -0.2) is 21.8 Å². The molecule has 0 aliphatic carbocycles. The molecule has 4 nitrogen and oxygen atoms in total. The Balaban J connectivity index is 1.94. The molecule has 0 spiro atoms. The van der Waals surface area contributed by atoms with E-state index in [9.17, 15) is 19.8 Å². The van der Waals surface area contributed by atoms with Crippen molar-refractivity contribution in [2.45, 2.75) is 6.42 Å². The van der Waals surface area contributed by atoms with Crippen molar-refractivity contribution in [2.24, 2.45) is 0 Å². The number of benzene rings is 2. The first kappa shape index (κ1) is 16.2. The second-order valence-electron chi connectivity index (χ2n) is 4.89. The number of carbonyl (C=O) groups excluding carboxylic acids is 2. The first-order valence-corrected chi connectivity index (χ1v) is 7.04. The van der Waals surface area contributed by atoms with Crippen molar-refractivity contribution < 1.29 is 19.8 Å². The van der Waals surface area contributed by atoms with Crippen LogP contribution >= 0.6 is 0 Å². The average Bonchev–Trinajstić information content (AvgIpc) is 2.53. The maximum Gasteiger partial charge on any atom is 0.163 e. The van der Waals surface area contributed by atoms with E-state index in [1.165, 1.54) is 36.4 Å². The van der Waals surface area contributed by atoms with E-state index in [0.29, 0.717) is 11.1 Å². The molecule has 2 aromatic rings. The fourth-order valence-corrected chi connectivity index (χ4v) is 1.91. The van der Waals surface area contributed by atoms with Crippen LogP contribution in [0.5, 0.6) is 11.5 Å². The van der Waals surface area contributed by atoms with Gasteiger partial charge in [0.15, 0.2) is 11.6 Å². The van der Waals surface area contributed by atoms with Crippen LogP contribution in [0, 0.1) is 0 Å². The highest BCUT2D eigenvalue weighted by Gasteiger charge is 2.05. The summed E-state index contributed by atoms with van der Waals surface area (Å²) >= 11 is 0. The van der Waals surface area contributed by atoms with Gasteiger partial charge in [0, 0.05) is 11.1 Å². The first-order chi connectivity index (χ1) is 11.1. The second kappa shape index (κ2) is 7.75. The SMILES string of the molecule is O=C(C=Cc1ccccc1O)CC(=O)C=Cc1ccccc1O. The van der Waals surface area contributed by atoms with Crippen LogP contribution in [0.4, 0.5) is 0 Å². The molecule has 0 heterocycles. The van der Waals surface area contributed by atoms with Crippen molar-refractivity contribution in [2.75, 3.05) is 0 Å². The summed E-state index contributed by atoms with van der Waals surface area (Å²) in [6.07, 6.45) is 5.20. The van der Waals surface area contributed by atoms with Crippen LogP contribution in [0.25, 0.3) is 12.2 Å². The van der Waals surface area contributed by atoms with Gasteiger partial charge in [0.25, 0.3) is 0 Å². The highest BCUT2D eigenvalue weighted by Crippen LogP contribution is 2.18. The maximum atomic E-state index is 11.7. The third-order valence-electron chi connectivity index (χ3n) is 3.12. The number of ketones is 2. The number of rotatable bonds is 6. The summed E-state index contributed by atoms with van der Waals surface area (Å²) in [5, 5.41) is 19.2. The molecule has 0 unspecified atom stereocenters. The van der Waals surface area contributed by atoms with Crippen molar-refractivity contribution in [3.8, 4) is 11.5 Å². The van der Waals surface area contributed by atoms with Crippen molar-refractivity contribution >= 4 is 23.7 Å². The van der Waals surface area contributed by atoms with Crippen LogP contribution in [-0.2, 0) is 9.59 Å². The van der Waals surface area contributed by atoms with Crippen LogP contribution in [0.1, 0.15) is 17.5 Å². The van der Waals surface area contributed by atoms with E-state index < -0.39 is 0 Å². The molecule has 0 aliphatic rings. The van der Waals surface area contributed by atoms with Gasteiger partial charge < -0.3 is 10.2 Å². The van der Waals surface area contributed by atoms with Crippen LogP contribution in [0.3, 0.4) is 0 Å². The van der Waals surface area contributed by atoms with Crippen LogP contribution in [0.2, 0.25) is 0 Å². The highest BCUT2D eigenvalue weighted by atomic mass is 16.3. The normalized spacial score (nSPS) is 11.1. The molecule has 0 bridgehead atoms. The van der Waals surface area contributed by atoms with Gasteiger partial charge in [-0.3, -0.25) is 9.59 Å². The van der Waals surface area contributed by atoms with E-state index in [1.807, 2.05) is 0 Å². The summed E-state index contributed by atoms with van der Waals surface area (Å²) in [5.41, 5.74) is 1.02. The number of phenolic OH excluding ortho intramolecular Hbond substituents is 2. The van der Waals surface area contributed by atoms with Crippen molar-refractivity contribution in [1.29, 1.82) is 0 Å². The first-order valence-electron chi connectivity index (χ1n) is 7.04. The Kier molecular flexibility index (Phi) is 5.47. The van der Waals surface area contributed by atoms with E-state index in [4.69, 9.17) is 0 Å². The van der Waals surface area contributed by atoms with Gasteiger partial charge in [-0.2, -0.15) is 0 Å². The summed E-state index contributed by atoms with van der Waals surface area (Å²) in [5.74, 6) is -0.579. The molecule has 0 saturated carbocycles. The Bertz CT molecular complexity index is 707. The molecule has 2 N–H and O–H groups in total. The number of phenols is 2. The molecule has 23 heavy (non-hydrogen) atoms. The molecule has 2 rings (SSSR count). The zero-order valence-electron chi connectivity index (χ0n) is 12.3. The monoisotopic (exact) mass is 308 g/mol.